The molecule has 2 aromatic rings. The van der Waals surface area contributed by atoms with Gasteiger partial charge in [0.15, 0.2) is 0 Å². The first-order valence-electron chi connectivity index (χ1n) is 5.12. The molecule has 92 valence electrons. The molecule has 0 aromatic heterocycles. The van der Waals surface area contributed by atoms with Crippen LogP contribution in [0, 0.1) is 0 Å². The van der Waals surface area contributed by atoms with Crippen LogP contribution in [0.1, 0.15) is 0 Å². The second kappa shape index (κ2) is 5.29. The largest absolute Gasteiger partial charge is 0.465 e. The monoisotopic (exact) mass is 281 g/mol. The average molecular weight is 282 g/mol. The molecule has 0 unspecified atom stereocenters. The Labute approximate surface area is 114 Å². The molecule has 3 nitrogen and oxygen atoms in total. The van der Waals surface area contributed by atoms with Gasteiger partial charge in [-0.15, -0.1) is 0 Å². The molecule has 5 heteroatoms. The summed E-state index contributed by atoms with van der Waals surface area (Å²) in [6.07, 6.45) is -1.12. The summed E-state index contributed by atoms with van der Waals surface area (Å²) >= 11 is 11.9. The predicted octanol–water partition coefficient (Wildman–Crippen LogP) is 4.75. The number of benzene rings is 2. The molecule has 0 saturated carbocycles. The Bertz CT molecular complexity index is 599. The number of hydrogen-bond donors (Lipinski definition) is 2. The van der Waals surface area contributed by atoms with E-state index in [4.69, 9.17) is 28.3 Å². The minimum Gasteiger partial charge on any atom is -0.465 e. The highest BCUT2D eigenvalue weighted by Gasteiger charge is 2.10. The molecule has 0 heterocycles. The van der Waals surface area contributed by atoms with Gasteiger partial charge < -0.3 is 5.11 Å². The van der Waals surface area contributed by atoms with Crippen LogP contribution in [0.15, 0.2) is 42.5 Å². The van der Waals surface area contributed by atoms with Crippen LogP contribution in [-0.4, -0.2) is 11.2 Å². The van der Waals surface area contributed by atoms with E-state index in [1.54, 1.807) is 36.4 Å². The van der Waals surface area contributed by atoms with E-state index in [-0.39, 0.29) is 0 Å². The van der Waals surface area contributed by atoms with Gasteiger partial charge in [-0.2, -0.15) is 0 Å². The SMILES string of the molecule is O=C(O)Nc1ccccc1-c1ccc(Cl)cc1Cl. The van der Waals surface area contributed by atoms with Gasteiger partial charge in [0.1, 0.15) is 0 Å². The fraction of sp³-hybridized carbons (Fsp3) is 0. The number of para-hydroxylation sites is 1. The summed E-state index contributed by atoms with van der Waals surface area (Å²) in [5.41, 5.74) is 1.92. The van der Waals surface area contributed by atoms with Crippen LogP contribution in [0.5, 0.6) is 0 Å². The van der Waals surface area contributed by atoms with E-state index >= 15 is 0 Å². The standard InChI is InChI=1S/C13H9Cl2NO2/c14-8-5-6-9(11(15)7-8)10-3-1-2-4-12(10)16-13(17)18/h1-7,16H,(H,17,18). The Kier molecular flexibility index (Phi) is 3.75. The lowest BCUT2D eigenvalue weighted by atomic mass is 10.0. The maximum Gasteiger partial charge on any atom is 0.409 e. The zero-order chi connectivity index (χ0) is 13.1. The summed E-state index contributed by atoms with van der Waals surface area (Å²) in [5, 5.41) is 12.1. The lowest BCUT2D eigenvalue weighted by molar-refractivity contribution is 0.210. The van der Waals surface area contributed by atoms with E-state index in [0.717, 1.165) is 5.56 Å². The van der Waals surface area contributed by atoms with Crippen LogP contribution in [0.2, 0.25) is 10.0 Å². The molecular weight excluding hydrogens is 273 g/mol. The smallest absolute Gasteiger partial charge is 0.409 e. The van der Waals surface area contributed by atoms with Crippen LogP contribution in [0.3, 0.4) is 0 Å². The van der Waals surface area contributed by atoms with Gasteiger partial charge in [0.2, 0.25) is 0 Å². The molecule has 0 atom stereocenters. The maximum absolute atomic E-state index is 10.7. The van der Waals surface area contributed by atoms with Crippen molar-refractivity contribution in [1.82, 2.24) is 0 Å². The van der Waals surface area contributed by atoms with Crippen molar-refractivity contribution < 1.29 is 9.90 Å². The Morgan fingerprint density at radius 3 is 2.44 bits per heavy atom. The van der Waals surface area contributed by atoms with E-state index in [1.165, 1.54) is 0 Å². The van der Waals surface area contributed by atoms with Gasteiger partial charge in [0.25, 0.3) is 0 Å². The molecule has 2 rings (SSSR count). The molecule has 0 radical (unpaired) electrons. The quantitative estimate of drug-likeness (QED) is 0.835. The van der Waals surface area contributed by atoms with E-state index in [2.05, 4.69) is 5.32 Å². The molecule has 18 heavy (non-hydrogen) atoms. The maximum atomic E-state index is 10.7. The lowest BCUT2D eigenvalue weighted by Gasteiger charge is -2.10. The highest BCUT2D eigenvalue weighted by Crippen LogP contribution is 2.34. The van der Waals surface area contributed by atoms with Gasteiger partial charge >= 0.3 is 6.09 Å². The van der Waals surface area contributed by atoms with Crippen molar-refractivity contribution in [3.8, 4) is 11.1 Å². The Hall–Kier alpha value is -1.71. The van der Waals surface area contributed by atoms with E-state index in [0.29, 0.717) is 21.3 Å². The number of carboxylic acid groups (broad SMARTS) is 1. The number of nitrogens with one attached hydrogen (secondary N) is 1. The van der Waals surface area contributed by atoms with E-state index in [9.17, 15) is 4.79 Å². The third kappa shape index (κ3) is 2.75. The molecule has 0 saturated heterocycles. The van der Waals surface area contributed by atoms with Gasteiger partial charge in [0.05, 0.1) is 5.69 Å². The van der Waals surface area contributed by atoms with Crippen LogP contribution < -0.4 is 5.32 Å². The topological polar surface area (TPSA) is 49.3 Å². The normalized spacial score (nSPS) is 10.1. The first-order chi connectivity index (χ1) is 8.58. The molecular formula is C13H9Cl2NO2. The summed E-state index contributed by atoms with van der Waals surface area (Å²) in [6, 6.07) is 12.1. The van der Waals surface area contributed by atoms with Crippen molar-refractivity contribution in [3.05, 3.63) is 52.5 Å². The van der Waals surface area contributed by atoms with E-state index < -0.39 is 6.09 Å². The van der Waals surface area contributed by atoms with Gasteiger partial charge in [-0.3, -0.25) is 5.32 Å². The Morgan fingerprint density at radius 1 is 1.06 bits per heavy atom. The van der Waals surface area contributed by atoms with Gasteiger partial charge in [-0.1, -0.05) is 47.5 Å². The zero-order valence-electron chi connectivity index (χ0n) is 9.15. The van der Waals surface area contributed by atoms with E-state index in [1.807, 2.05) is 6.07 Å². The van der Waals surface area contributed by atoms with Crippen molar-refractivity contribution in [2.75, 3.05) is 5.32 Å². The fourth-order valence-electron chi connectivity index (χ4n) is 1.65. The van der Waals surface area contributed by atoms with Crippen molar-refractivity contribution in [2.24, 2.45) is 0 Å². The summed E-state index contributed by atoms with van der Waals surface area (Å²) in [7, 11) is 0. The fourth-order valence-corrected chi connectivity index (χ4v) is 2.16. The van der Waals surface area contributed by atoms with Crippen LogP contribution in [-0.2, 0) is 0 Å². The Morgan fingerprint density at radius 2 is 1.78 bits per heavy atom. The van der Waals surface area contributed by atoms with Crippen molar-refractivity contribution in [3.63, 3.8) is 0 Å². The van der Waals surface area contributed by atoms with Crippen LogP contribution in [0.25, 0.3) is 11.1 Å². The molecule has 0 spiro atoms. The number of amides is 1. The second-order valence-electron chi connectivity index (χ2n) is 3.60. The minimum atomic E-state index is -1.12. The molecule has 1 amide bonds. The number of rotatable bonds is 2. The lowest BCUT2D eigenvalue weighted by Crippen LogP contribution is -2.08. The number of halogens is 2. The first kappa shape index (κ1) is 12.7. The van der Waals surface area contributed by atoms with Crippen molar-refractivity contribution in [1.29, 1.82) is 0 Å². The molecule has 0 aliphatic heterocycles. The average Bonchev–Trinajstić information content (AvgIpc) is 2.30. The number of hydrogen-bond acceptors (Lipinski definition) is 1. The third-order valence-corrected chi connectivity index (χ3v) is 2.94. The van der Waals surface area contributed by atoms with Crippen LogP contribution in [0.4, 0.5) is 10.5 Å². The minimum absolute atomic E-state index is 0.474. The molecule has 0 fully saturated rings. The van der Waals surface area contributed by atoms with Crippen molar-refractivity contribution in [2.45, 2.75) is 0 Å². The summed E-state index contributed by atoms with van der Waals surface area (Å²) < 4.78 is 0. The van der Waals surface area contributed by atoms with Gasteiger partial charge in [0, 0.05) is 21.2 Å². The molecule has 2 aromatic carbocycles. The summed E-state index contributed by atoms with van der Waals surface area (Å²) in [6.45, 7) is 0. The first-order valence-corrected chi connectivity index (χ1v) is 5.88. The highest BCUT2D eigenvalue weighted by atomic mass is 35.5. The highest BCUT2D eigenvalue weighted by molar-refractivity contribution is 6.36. The Balaban J connectivity index is 2.53. The zero-order valence-corrected chi connectivity index (χ0v) is 10.7. The van der Waals surface area contributed by atoms with Crippen LogP contribution >= 0.6 is 23.2 Å². The molecule has 0 bridgehead atoms. The molecule has 0 aliphatic carbocycles. The summed E-state index contributed by atoms with van der Waals surface area (Å²) in [5.74, 6) is 0. The van der Waals surface area contributed by atoms with Gasteiger partial charge in [-0.05, 0) is 18.2 Å². The van der Waals surface area contributed by atoms with Gasteiger partial charge in [-0.25, -0.2) is 4.79 Å². The molecule has 2 N–H and O–H groups in total. The molecule has 0 aliphatic rings. The second-order valence-corrected chi connectivity index (χ2v) is 4.44. The summed E-state index contributed by atoms with van der Waals surface area (Å²) in [4.78, 5) is 10.7. The number of anilines is 1. The number of carbonyl (C=O) groups is 1. The predicted molar refractivity (Wildman–Crippen MR) is 73.5 cm³/mol. The third-order valence-electron chi connectivity index (χ3n) is 2.39. The van der Waals surface area contributed by atoms with Crippen molar-refractivity contribution >= 4 is 35.0 Å².